The molecular weight excluding hydrogens is 719 g/mol. The molecule has 11 rings (SSSR count). The third kappa shape index (κ3) is 5.68. The van der Waals surface area contributed by atoms with Gasteiger partial charge in [-0.2, -0.15) is 0 Å². The van der Waals surface area contributed by atoms with Crippen LogP contribution in [0.25, 0.3) is 108 Å². The standard InChI is InChI=1S/C51H31N3S2/c1-4-14-32(15-5-1)35-20-12-21-37(28-35)50-52-49(34-18-8-3-9-19-34)53-51(54-50)42-24-13-23-40-39-27-26-36(30-45(39)56-48(40)42)43-29-38(33-16-6-2-7-17-33)31-46-47(43)41-22-10-11-25-44(41)55-46/h1-31H. The fourth-order valence-corrected chi connectivity index (χ4v) is 10.3. The van der Waals surface area contributed by atoms with E-state index in [1.807, 2.05) is 46.9 Å². The van der Waals surface area contributed by atoms with Crippen LogP contribution in [0.1, 0.15) is 0 Å². The minimum Gasteiger partial charge on any atom is -0.208 e. The molecule has 0 aliphatic rings. The molecule has 0 radical (unpaired) electrons. The Kier molecular flexibility index (Phi) is 7.87. The molecule has 0 spiro atoms. The first-order chi connectivity index (χ1) is 27.7. The van der Waals surface area contributed by atoms with E-state index in [1.165, 1.54) is 57.9 Å². The molecule has 0 N–H and O–H groups in total. The van der Waals surface area contributed by atoms with Gasteiger partial charge < -0.3 is 0 Å². The first-order valence-corrected chi connectivity index (χ1v) is 20.3. The summed E-state index contributed by atoms with van der Waals surface area (Å²) in [5.74, 6) is 1.97. The normalized spacial score (nSPS) is 11.6. The van der Waals surface area contributed by atoms with E-state index in [-0.39, 0.29) is 0 Å². The van der Waals surface area contributed by atoms with Crippen molar-refractivity contribution in [1.82, 2.24) is 15.0 Å². The van der Waals surface area contributed by atoms with Crippen LogP contribution in [-0.2, 0) is 0 Å². The summed E-state index contributed by atoms with van der Waals surface area (Å²) in [6, 6.07) is 66.8. The first-order valence-electron chi connectivity index (χ1n) is 18.7. The van der Waals surface area contributed by atoms with Crippen molar-refractivity contribution in [2.45, 2.75) is 0 Å². The van der Waals surface area contributed by atoms with Gasteiger partial charge in [-0.1, -0.05) is 152 Å². The minimum atomic E-state index is 0.650. The number of nitrogens with zero attached hydrogens (tertiary/aromatic N) is 3. The van der Waals surface area contributed by atoms with Crippen molar-refractivity contribution in [1.29, 1.82) is 0 Å². The predicted octanol–water partition coefficient (Wildman–Crippen LogP) is 14.6. The van der Waals surface area contributed by atoms with Crippen LogP contribution < -0.4 is 0 Å². The second-order valence-electron chi connectivity index (χ2n) is 14.0. The van der Waals surface area contributed by atoms with Gasteiger partial charge in [-0.3, -0.25) is 0 Å². The van der Waals surface area contributed by atoms with Crippen LogP contribution in [0.4, 0.5) is 0 Å². The molecule has 8 aromatic carbocycles. The molecule has 3 aromatic heterocycles. The van der Waals surface area contributed by atoms with E-state index in [4.69, 9.17) is 15.0 Å². The summed E-state index contributed by atoms with van der Waals surface area (Å²) in [5.41, 5.74) is 10.1. The number of fused-ring (bicyclic) bond motifs is 6. The number of rotatable bonds is 6. The van der Waals surface area contributed by atoms with E-state index >= 15 is 0 Å². The number of benzene rings is 8. The second-order valence-corrected chi connectivity index (χ2v) is 16.1. The van der Waals surface area contributed by atoms with E-state index in [9.17, 15) is 0 Å². The van der Waals surface area contributed by atoms with Crippen molar-refractivity contribution in [2.24, 2.45) is 0 Å². The summed E-state index contributed by atoms with van der Waals surface area (Å²) in [6.45, 7) is 0. The van der Waals surface area contributed by atoms with Crippen molar-refractivity contribution in [3.63, 3.8) is 0 Å². The summed E-state index contributed by atoms with van der Waals surface area (Å²) in [7, 11) is 0. The summed E-state index contributed by atoms with van der Waals surface area (Å²) >= 11 is 3.68. The van der Waals surface area contributed by atoms with Crippen LogP contribution >= 0.6 is 22.7 Å². The van der Waals surface area contributed by atoms with Gasteiger partial charge >= 0.3 is 0 Å². The van der Waals surface area contributed by atoms with Crippen molar-refractivity contribution in [2.75, 3.05) is 0 Å². The zero-order chi connectivity index (χ0) is 37.0. The molecule has 0 fully saturated rings. The average Bonchev–Trinajstić information content (AvgIpc) is 3.85. The lowest BCUT2D eigenvalue weighted by Crippen LogP contribution is -2.00. The van der Waals surface area contributed by atoms with E-state index in [2.05, 4.69) is 164 Å². The molecule has 0 atom stereocenters. The van der Waals surface area contributed by atoms with Crippen molar-refractivity contribution in [3.8, 4) is 67.5 Å². The smallest absolute Gasteiger partial charge is 0.165 e. The van der Waals surface area contributed by atoms with Crippen LogP contribution in [0.5, 0.6) is 0 Å². The molecule has 0 unspecified atom stereocenters. The monoisotopic (exact) mass is 749 g/mol. The molecule has 0 saturated carbocycles. The highest BCUT2D eigenvalue weighted by atomic mass is 32.1. The zero-order valence-electron chi connectivity index (χ0n) is 30.1. The third-order valence-corrected chi connectivity index (χ3v) is 12.9. The molecule has 3 nitrogen and oxygen atoms in total. The van der Waals surface area contributed by atoms with Crippen LogP contribution in [0, 0.1) is 0 Å². The lowest BCUT2D eigenvalue weighted by atomic mass is 9.94. The molecule has 0 amide bonds. The molecule has 0 aliphatic heterocycles. The van der Waals surface area contributed by atoms with E-state index < -0.39 is 0 Å². The quantitative estimate of drug-likeness (QED) is 0.170. The molecule has 0 aliphatic carbocycles. The maximum Gasteiger partial charge on any atom is 0.165 e. The van der Waals surface area contributed by atoms with Gasteiger partial charge in [-0.05, 0) is 69.8 Å². The highest BCUT2D eigenvalue weighted by Gasteiger charge is 2.19. The van der Waals surface area contributed by atoms with E-state index in [0.29, 0.717) is 17.5 Å². The van der Waals surface area contributed by atoms with Gasteiger partial charge in [0.05, 0.1) is 0 Å². The SMILES string of the molecule is c1ccc(-c2cccc(-c3nc(-c4ccccc4)nc(-c4cccc5c4sc4cc(-c6cc(-c7ccccc7)cc7sc8ccccc8c67)ccc45)n3)c2)cc1. The van der Waals surface area contributed by atoms with Gasteiger partial charge in [0, 0.05) is 57.0 Å². The van der Waals surface area contributed by atoms with Crippen molar-refractivity contribution >= 4 is 63.0 Å². The molecular formula is C51H31N3S2. The Morgan fingerprint density at radius 3 is 1.66 bits per heavy atom. The minimum absolute atomic E-state index is 0.650. The largest absolute Gasteiger partial charge is 0.208 e. The Morgan fingerprint density at radius 1 is 0.286 bits per heavy atom. The molecule has 56 heavy (non-hydrogen) atoms. The Hall–Kier alpha value is -6.79. The lowest BCUT2D eigenvalue weighted by Gasteiger charge is -2.10. The Labute approximate surface area is 331 Å². The van der Waals surface area contributed by atoms with Crippen molar-refractivity contribution in [3.05, 3.63) is 188 Å². The van der Waals surface area contributed by atoms with Crippen LogP contribution in [0.15, 0.2) is 188 Å². The number of hydrogen-bond donors (Lipinski definition) is 0. The molecule has 0 bridgehead atoms. The van der Waals surface area contributed by atoms with E-state index in [0.717, 1.165) is 32.5 Å². The topological polar surface area (TPSA) is 38.7 Å². The molecule has 11 aromatic rings. The van der Waals surface area contributed by atoms with E-state index in [1.54, 1.807) is 0 Å². The Morgan fingerprint density at radius 2 is 0.875 bits per heavy atom. The second kappa shape index (κ2) is 13.5. The van der Waals surface area contributed by atoms with Crippen molar-refractivity contribution < 1.29 is 0 Å². The zero-order valence-corrected chi connectivity index (χ0v) is 31.7. The summed E-state index contributed by atoms with van der Waals surface area (Å²) in [5, 5.41) is 5.05. The summed E-state index contributed by atoms with van der Waals surface area (Å²) in [4.78, 5) is 15.4. The maximum atomic E-state index is 5.20. The van der Waals surface area contributed by atoms with Gasteiger partial charge in [0.25, 0.3) is 0 Å². The average molecular weight is 750 g/mol. The van der Waals surface area contributed by atoms with Crippen LogP contribution in [0.3, 0.4) is 0 Å². The van der Waals surface area contributed by atoms with Crippen LogP contribution in [0.2, 0.25) is 0 Å². The summed E-state index contributed by atoms with van der Waals surface area (Å²) in [6.07, 6.45) is 0. The number of thiophene rings is 2. The summed E-state index contributed by atoms with van der Waals surface area (Å²) < 4.78 is 5.00. The lowest BCUT2D eigenvalue weighted by molar-refractivity contribution is 1.08. The Balaban J connectivity index is 1.09. The molecule has 5 heteroatoms. The van der Waals surface area contributed by atoms with Gasteiger partial charge in [0.1, 0.15) is 0 Å². The Bertz CT molecular complexity index is 3240. The molecule has 262 valence electrons. The molecule has 3 heterocycles. The highest BCUT2D eigenvalue weighted by molar-refractivity contribution is 7.26. The van der Waals surface area contributed by atoms with Gasteiger partial charge in [-0.15, -0.1) is 22.7 Å². The fraction of sp³-hybridized carbons (Fsp3) is 0. The van der Waals surface area contributed by atoms with Gasteiger partial charge in [0.15, 0.2) is 17.5 Å². The fourth-order valence-electron chi connectivity index (χ4n) is 7.83. The van der Waals surface area contributed by atoms with Crippen LogP contribution in [-0.4, -0.2) is 15.0 Å². The number of hydrogen-bond acceptors (Lipinski definition) is 5. The predicted molar refractivity (Wildman–Crippen MR) is 238 cm³/mol. The highest BCUT2D eigenvalue weighted by Crippen LogP contribution is 2.46. The maximum absolute atomic E-state index is 5.20. The van der Waals surface area contributed by atoms with Gasteiger partial charge in [0.2, 0.25) is 0 Å². The molecule has 0 saturated heterocycles. The number of aromatic nitrogens is 3. The first kappa shape index (κ1) is 32.6. The van der Waals surface area contributed by atoms with Gasteiger partial charge in [-0.25, -0.2) is 15.0 Å². The third-order valence-electron chi connectivity index (χ3n) is 10.5.